The van der Waals surface area contributed by atoms with Gasteiger partial charge >= 0.3 is 0 Å². The quantitative estimate of drug-likeness (QED) is 0.848. The molecule has 0 aliphatic heterocycles. The monoisotopic (exact) mass is 329 g/mol. The van der Waals surface area contributed by atoms with E-state index in [4.69, 9.17) is 21.6 Å². The number of nitriles is 1. The molecule has 0 saturated heterocycles. The van der Waals surface area contributed by atoms with Crippen molar-refractivity contribution in [1.29, 1.82) is 5.26 Å². The number of benzene rings is 2. The Morgan fingerprint density at radius 1 is 1.30 bits per heavy atom. The summed E-state index contributed by atoms with van der Waals surface area (Å²) in [6.45, 7) is 0.431. The molecule has 0 bridgehead atoms. The maximum Gasteiger partial charge on any atom is 0.226 e. The Morgan fingerprint density at radius 3 is 2.87 bits per heavy atom. The number of nitrogens with zero attached hydrogens (tertiary/aromatic N) is 1. The molecule has 0 saturated carbocycles. The summed E-state index contributed by atoms with van der Waals surface area (Å²) < 4.78 is 5.23. The van der Waals surface area contributed by atoms with E-state index < -0.39 is 0 Å². The van der Waals surface area contributed by atoms with Gasteiger partial charge in [-0.25, -0.2) is 0 Å². The number of anilines is 2. The molecule has 2 aromatic rings. The fourth-order valence-corrected chi connectivity index (χ4v) is 2.19. The van der Waals surface area contributed by atoms with Crippen LogP contribution in [-0.4, -0.2) is 19.6 Å². The van der Waals surface area contributed by atoms with Crippen molar-refractivity contribution in [1.82, 2.24) is 0 Å². The summed E-state index contributed by atoms with van der Waals surface area (Å²) in [5.74, 6) is 0.519. The van der Waals surface area contributed by atoms with Gasteiger partial charge in [-0.15, -0.1) is 0 Å². The maximum atomic E-state index is 11.9. The van der Waals surface area contributed by atoms with Crippen molar-refractivity contribution < 1.29 is 9.53 Å². The Labute approximate surface area is 139 Å². The first-order valence-corrected chi connectivity index (χ1v) is 7.37. The summed E-state index contributed by atoms with van der Waals surface area (Å²) in [6, 6.07) is 14.1. The van der Waals surface area contributed by atoms with Crippen molar-refractivity contribution in [2.45, 2.75) is 6.42 Å². The summed E-state index contributed by atoms with van der Waals surface area (Å²) in [5.41, 5.74) is 1.85. The molecule has 5 nitrogen and oxygen atoms in total. The first-order chi connectivity index (χ1) is 11.1. The molecule has 2 N–H and O–H groups in total. The smallest absolute Gasteiger partial charge is 0.226 e. The van der Waals surface area contributed by atoms with Crippen LogP contribution in [-0.2, 0) is 4.79 Å². The van der Waals surface area contributed by atoms with Gasteiger partial charge in [0.15, 0.2) is 0 Å². The van der Waals surface area contributed by atoms with Gasteiger partial charge in [0, 0.05) is 23.7 Å². The summed E-state index contributed by atoms with van der Waals surface area (Å²) in [7, 11) is 1.57. The lowest BCUT2D eigenvalue weighted by molar-refractivity contribution is -0.115. The fourth-order valence-electron chi connectivity index (χ4n) is 2.02. The van der Waals surface area contributed by atoms with E-state index in [0.717, 1.165) is 5.69 Å². The fraction of sp³-hybridized carbons (Fsp3) is 0.176. The Hall–Kier alpha value is -2.71. The topological polar surface area (TPSA) is 74.2 Å². The van der Waals surface area contributed by atoms with Gasteiger partial charge in [-0.2, -0.15) is 5.26 Å². The van der Waals surface area contributed by atoms with Crippen LogP contribution < -0.4 is 15.4 Å². The molecule has 0 aromatic heterocycles. The van der Waals surface area contributed by atoms with E-state index in [0.29, 0.717) is 28.6 Å². The molecule has 0 atom stereocenters. The number of methoxy groups -OCH3 is 1. The molecule has 0 heterocycles. The minimum absolute atomic E-state index is 0.145. The number of ether oxygens (including phenoxy) is 1. The number of rotatable bonds is 6. The second-order valence-corrected chi connectivity index (χ2v) is 5.20. The molecule has 0 unspecified atom stereocenters. The van der Waals surface area contributed by atoms with Crippen molar-refractivity contribution in [2.75, 3.05) is 24.3 Å². The Bertz CT molecular complexity index is 741. The highest BCUT2D eigenvalue weighted by Gasteiger charge is 2.06. The largest absolute Gasteiger partial charge is 0.495 e. The van der Waals surface area contributed by atoms with E-state index >= 15 is 0 Å². The molecule has 6 heteroatoms. The lowest BCUT2D eigenvalue weighted by atomic mass is 10.2. The zero-order chi connectivity index (χ0) is 16.7. The third-order valence-electron chi connectivity index (χ3n) is 3.10. The van der Waals surface area contributed by atoms with Gasteiger partial charge in [0.1, 0.15) is 5.75 Å². The number of halogens is 1. The Balaban J connectivity index is 1.88. The Morgan fingerprint density at radius 2 is 2.13 bits per heavy atom. The van der Waals surface area contributed by atoms with Crippen LogP contribution in [0.4, 0.5) is 11.4 Å². The average Bonchev–Trinajstić information content (AvgIpc) is 2.55. The van der Waals surface area contributed by atoms with Crippen LogP contribution in [0.1, 0.15) is 12.0 Å². The SMILES string of the molecule is COc1ccc(Cl)cc1NCCC(=O)Nc1cccc(C#N)c1. The molecular weight excluding hydrogens is 314 g/mol. The average molecular weight is 330 g/mol. The van der Waals surface area contributed by atoms with Crippen LogP contribution in [0.5, 0.6) is 5.75 Å². The van der Waals surface area contributed by atoms with Gasteiger partial charge in [0.2, 0.25) is 5.91 Å². The molecule has 2 aromatic carbocycles. The molecule has 1 amide bonds. The number of amides is 1. The number of carbonyl (C=O) groups is 1. The van der Waals surface area contributed by atoms with E-state index in [2.05, 4.69) is 10.6 Å². The van der Waals surface area contributed by atoms with E-state index in [1.54, 1.807) is 49.6 Å². The standard InChI is InChI=1S/C17H16ClN3O2/c1-23-16-6-5-13(18)10-15(16)20-8-7-17(22)21-14-4-2-3-12(9-14)11-19/h2-6,9-10,20H,7-8H2,1H3,(H,21,22). The van der Waals surface area contributed by atoms with Gasteiger partial charge in [-0.3, -0.25) is 4.79 Å². The Kier molecular flexibility index (Phi) is 5.84. The summed E-state index contributed by atoms with van der Waals surface area (Å²) in [4.78, 5) is 11.9. The molecule has 0 aliphatic rings. The maximum absolute atomic E-state index is 11.9. The van der Waals surface area contributed by atoms with Crippen molar-refractivity contribution in [3.05, 3.63) is 53.1 Å². The van der Waals surface area contributed by atoms with Crippen molar-refractivity contribution in [3.63, 3.8) is 0 Å². The molecule has 118 valence electrons. The van der Waals surface area contributed by atoms with E-state index in [1.165, 1.54) is 0 Å². The minimum Gasteiger partial charge on any atom is -0.495 e. The second-order valence-electron chi connectivity index (χ2n) is 4.76. The van der Waals surface area contributed by atoms with E-state index in [1.807, 2.05) is 6.07 Å². The summed E-state index contributed by atoms with van der Waals surface area (Å²) in [5, 5.41) is 15.3. The van der Waals surface area contributed by atoms with Crippen LogP contribution in [0.25, 0.3) is 0 Å². The van der Waals surface area contributed by atoms with Gasteiger partial charge in [-0.05, 0) is 36.4 Å². The lowest BCUT2D eigenvalue weighted by Crippen LogP contribution is -2.16. The predicted octanol–water partition coefficient (Wildman–Crippen LogP) is 3.66. The van der Waals surface area contributed by atoms with Crippen molar-refractivity contribution in [3.8, 4) is 11.8 Å². The zero-order valence-electron chi connectivity index (χ0n) is 12.6. The van der Waals surface area contributed by atoms with Crippen LogP contribution >= 0.6 is 11.6 Å². The van der Waals surface area contributed by atoms with Crippen LogP contribution in [0.3, 0.4) is 0 Å². The van der Waals surface area contributed by atoms with E-state index in [9.17, 15) is 4.79 Å². The first kappa shape index (κ1) is 16.7. The molecule has 0 radical (unpaired) electrons. The highest BCUT2D eigenvalue weighted by molar-refractivity contribution is 6.30. The highest BCUT2D eigenvalue weighted by Crippen LogP contribution is 2.27. The highest BCUT2D eigenvalue weighted by atomic mass is 35.5. The van der Waals surface area contributed by atoms with Gasteiger partial charge in [0.25, 0.3) is 0 Å². The number of carbonyl (C=O) groups excluding carboxylic acids is 1. The normalized spacial score (nSPS) is 9.78. The van der Waals surface area contributed by atoms with Crippen molar-refractivity contribution >= 4 is 28.9 Å². The third kappa shape index (κ3) is 4.90. The third-order valence-corrected chi connectivity index (χ3v) is 3.34. The zero-order valence-corrected chi connectivity index (χ0v) is 13.4. The van der Waals surface area contributed by atoms with Gasteiger partial charge < -0.3 is 15.4 Å². The second kappa shape index (κ2) is 8.06. The molecule has 2 rings (SSSR count). The summed E-state index contributed by atoms with van der Waals surface area (Å²) in [6.07, 6.45) is 0.270. The van der Waals surface area contributed by atoms with Crippen LogP contribution in [0.15, 0.2) is 42.5 Å². The first-order valence-electron chi connectivity index (χ1n) is 7.00. The predicted molar refractivity (Wildman–Crippen MR) is 90.9 cm³/mol. The molecule has 0 aliphatic carbocycles. The van der Waals surface area contributed by atoms with Gasteiger partial charge in [-0.1, -0.05) is 17.7 Å². The minimum atomic E-state index is -0.145. The number of hydrogen-bond donors (Lipinski definition) is 2. The lowest BCUT2D eigenvalue weighted by Gasteiger charge is -2.11. The molecular formula is C17H16ClN3O2. The van der Waals surface area contributed by atoms with Crippen LogP contribution in [0, 0.1) is 11.3 Å². The summed E-state index contributed by atoms with van der Waals surface area (Å²) >= 11 is 5.95. The van der Waals surface area contributed by atoms with Gasteiger partial charge in [0.05, 0.1) is 24.4 Å². The van der Waals surface area contributed by atoms with E-state index in [-0.39, 0.29) is 12.3 Å². The molecule has 0 spiro atoms. The number of nitrogens with one attached hydrogen (secondary N) is 2. The number of hydrogen-bond acceptors (Lipinski definition) is 4. The van der Waals surface area contributed by atoms with Crippen LogP contribution in [0.2, 0.25) is 5.02 Å². The molecule has 23 heavy (non-hydrogen) atoms. The molecule has 0 fully saturated rings. The van der Waals surface area contributed by atoms with Crippen molar-refractivity contribution in [2.24, 2.45) is 0 Å².